The van der Waals surface area contributed by atoms with Gasteiger partial charge in [0.1, 0.15) is 5.25 Å². The molecule has 0 aliphatic carbocycles. The monoisotopic (exact) mass is 423 g/mol. The number of nitrogens with zero attached hydrogens (tertiary/aromatic N) is 1. The van der Waals surface area contributed by atoms with Gasteiger partial charge >= 0.3 is 0 Å². The van der Waals surface area contributed by atoms with Crippen molar-refractivity contribution in [2.24, 2.45) is 0 Å². The molecule has 0 bridgehead atoms. The molecule has 7 heteroatoms. The lowest BCUT2D eigenvalue weighted by Crippen LogP contribution is -2.18. The molecule has 28 heavy (non-hydrogen) atoms. The number of rotatable bonds is 6. The second kappa shape index (κ2) is 8.60. The first-order valence-corrected chi connectivity index (χ1v) is 11.2. The summed E-state index contributed by atoms with van der Waals surface area (Å²) in [5, 5.41) is 7.18. The Morgan fingerprint density at radius 3 is 2.50 bits per heavy atom. The van der Waals surface area contributed by atoms with E-state index in [4.69, 9.17) is 5.73 Å². The van der Waals surface area contributed by atoms with Gasteiger partial charge in [0.25, 0.3) is 0 Å². The normalized spacial score (nSPS) is 11.9. The second-order valence-corrected chi connectivity index (χ2v) is 8.97. The number of carbonyl (C=O) groups is 1. The summed E-state index contributed by atoms with van der Waals surface area (Å²) >= 11 is 4.56. The molecule has 2 heterocycles. The van der Waals surface area contributed by atoms with Crippen LogP contribution in [-0.2, 0) is 4.79 Å². The van der Waals surface area contributed by atoms with Crippen molar-refractivity contribution in [1.29, 1.82) is 0 Å². The third-order valence-electron chi connectivity index (χ3n) is 3.98. The number of anilines is 2. The van der Waals surface area contributed by atoms with Gasteiger partial charge in [0.15, 0.2) is 5.13 Å². The molecule has 0 aliphatic rings. The van der Waals surface area contributed by atoms with Gasteiger partial charge in [-0.2, -0.15) is 0 Å². The van der Waals surface area contributed by atoms with Gasteiger partial charge in [-0.15, -0.1) is 34.4 Å². The molecule has 4 nitrogen and oxygen atoms in total. The van der Waals surface area contributed by atoms with E-state index in [2.05, 4.69) is 10.3 Å². The zero-order valence-electron chi connectivity index (χ0n) is 14.7. The lowest BCUT2D eigenvalue weighted by molar-refractivity contribution is -0.115. The highest BCUT2D eigenvalue weighted by Gasteiger charge is 2.23. The van der Waals surface area contributed by atoms with Crippen LogP contribution in [0.2, 0.25) is 0 Å². The van der Waals surface area contributed by atoms with Crippen molar-refractivity contribution in [3.05, 3.63) is 83.1 Å². The summed E-state index contributed by atoms with van der Waals surface area (Å²) in [5.74, 6) is -0.0971. The Labute approximate surface area is 175 Å². The molecule has 1 unspecified atom stereocenters. The number of thioether (sulfide) groups is 1. The Morgan fingerprint density at radius 1 is 1.00 bits per heavy atom. The van der Waals surface area contributed by atoms with E-state index in [9.17, 15) is 4.79 Å². The SMILES string of the molecule is Nc1ccc(SC(C(=O)Nc2nc(-c3cccs3)cs2)c2ccccc2)cc1. The summed E-state index contributed by atoms with van der Waals surface area (Å²) in [7, 11) is 0. The third kappa shape index (κ3) is 4.44. The second-order valence-electron chi connectivity index (χ2n) is 5.98. The summed E-state index contributed by atoms with van der Waals surface area (Å²) in [6.45, 7) is 0. The number of nitrogens with two attached hydrogens (primary N) is 1. The number of nitrogens with one attached hydrogen (secondary N) is 1. The van der Waals surface area contributed by atoms with Crippen LogP contribution in [0.25, 0.3) is 10.6 Å². The molecule has 1 amide bonds. The Morgan fingerprint density at radius 2 is 1.79 bits per heavy atom. The van der Waals surface area contributed by atoms with Crippen LogP contribution in [0.15, 0.2) is 82.4 Å². The molecule has 4 rings (SSSR count). The summed E-state index contributed by atoms with van der Waals surface area (Å²) in [6, 6.07) is 21.3. The number of nitrogen functional groups attached to an aromatic ring is 1. The number of aromatic nitrogens is 1. The molecule has 0 spiro atoms. The van der Waals surface area contributed by atoms with Crippen molar-refractivity contribution in [3.63, 3.8) is 0 Å². The molecular weight excluding hydrogens is 406 g/mol. The highest BCUT2D eigenvalue weighted by atomic mass is 32.2. The minimum absolute atomic E-state index is 0.0971. The Balaban J connectivity index is 1.55. The smallest absolute Gasteiger partial charge is 0.244 e. The molecule has 0 saturated heterocycles. The van der Waals surface area contributed by atoms with Gasteiger partial charge in [-0.3, -0.25) is 4.79 Å². The topological polar surface area (TPSA) is 68.0 Å². The standard InChI is InChI=1S/C21H17N3OS3/c22-15-8-10-16(11-9-15)28-19(14-5-2-1-3-6-14)20(25)24-21-23-17(13-27-21)18-7-4-12-26-18/h1-13,19H,22H2,(H,23,24,25). The maximum Gasteiger partial charge on any atom is 0.244 e. The van der Waals surface area contributed by atoms with Gasteiger partial charge in [-0.05, 0) is 41.3 Å². The summed E-state index contributed by atoms with van der Waals surface area (Å²) in [5.41, 5.74) is 8.31. The molecule has 0 fully saturated rings. The molecule has 0 saturated carbocycles. The van der Waals surface area contributed by atoms with Crippen LogP contribution in [-0.4, -0.2) is 10.9 Å². The average molecular weight is 424 g/mol. The van der Waals surface area contributed by atoms with Crippen molar-refractivity contribution in [3.8, 4) is 10.6 Å². The van der Waals surface area contributed by atoms with Crippen LogP contribution >= 0.6 is 34.4 Å². The number of carbonyl (C=O) groups excluding carboxylic acids is 1. The van der Waals surface area contributed by atoms with E-state index in [1.54, 1.807) is 11.3 Å². The maximum absolute atomic E-state index is 13.1. The minimum Gasteiger partial charge on any atom is -0.399 e. The van der Waals surface area contributed by atoms with Gasteiger partial charge in [0, 0.05) is 16.0 Å². The Bertz CT molecular complexity index is 1040. The van der Waals surface area contributed by atoms with Crippen LogP contribution in [0.5, 0.6) is 0 Å². The van der Waals surface area contributed by atoms with Crippen LogP contribution in [0.1, 0.15) is 10.8 Å². The highest BCUT2D eigenvalue weighted by Crippen LogP contribution is 2.37. The lowest BCUT2D eigenvalue weighted by Gasteiger charge is -2.16. The number of thiophene rings is 1. The number of benzene rings is 2. The number of hydrogen-bond acceptors (Lipinski definition) is 6. The number of thiazole rings is 1. The maximum atomic E-state index is 13.1. The zero-order chi connectivity index (χ0) is 19.3. The molecule has 2 aromatic carbocycles. The Hall–Kier alpha value is -2.61. The van der Waals surface area contributed by atoms with Crippen LogP contribution in [0, 0.1) is 0 Å². The van der Waals surface area contributed by atoms with Gasteiger partial charge < -0.3 is 11.1 Å². The van der Waals surface area contributed by atoms with Crippen molar-refractivity contribution in [2.75, 3.05) is 11.1 Å². The predicted molar refractivity (Wildman–Crippen MR) is 120 cm³/mol. The molecular formula is C21H17N3OS3. The van der Waals surface area contributed by atoms with E-state index in [1.165, 1.54) is 23.1 Å². The van der Waals surface area contributed by atoms with Crippen LogP contribution in [0.4, 0.5) is 10.8 Å². The minimum atomic E-state index is -0.390. The molecule has 140 valence electrons. The molecule has 1 atom stereocenters. The molecule has 3 N–H and O–H groups in total. The third-order valence-corrected chi connectivity index (χ3v) is 6.90. The fourth-order valence-corrected chi connectivity index (χ4v) is 5.12. The van der Waals surface area contributed by atoms with Gasteiger partial charge in [-0.25, -0.2) is 4.98 Å². The van der Waals surface area contributed by atoms with E-state index in [0.29, 0.717) is 10.8 Å². The summed E-state index contributed by atoms with van der Waals surface area (Å²) in [6.07, 6.45) is 0. The zero-order valence-corrected chi connectivity index (χ0v) is 17.2. The van der Waals surface area contributed by atoms with Crippen molar-refractivity contribution in [1.82, 2.24) is 4.98 Å². The quantitative estimate of drug-likeness (QED) is 0.298. The van der Waals surface area contributed by atoms with Gasteiger partial charge in [0.2, 0.25) is 5.91 Å². The van der Waals surface area contributed by atoms with Crippen LogP contribution in [0.3, 0.4) is 0 Å². The molecule has 0 radical (unpaired) electrons. The fraction of sp³-hybridized carbons (Fsp3) is 0.0476. The van der Waals surface area contributed by atoms with E-state index in [-0.39, 0.29) is 11.2 Å². The van der Waals surface area contributed by atoms with Crippen molar-refractivity contribution in [2.45, 2.75) is 10.1 Å². The Kier molecular flexibility index (Phi) is 5.76. The van der Waals surface area contributed by atoms with Crippen molar-refractivity contribution >= 4 is 51.2 Å². The molecule has 4 aromatic rings. The van der Waals surface area contributed by atoms with Crippen molar-refractivity contribution < 1.29 is 4.79 Å². The predicted octanol–water partition coefficient (Wildman–Crippen LogP) is 5.93. The van der Waals surface area contributed by atoms with Gasteiger partial charge in [0.05, 0.1) is 10.6 Å². The summed E-state index contributed by atoms with van der Waals surface area (Å²) < 4.78 is 0. The van der Waals surface area contributed by atoms with E-state index in [0.717, 1.165) is 21.0 Å². The number of amides is 1. The fourth-order valence-electron chi connectivity index (χ4n) is 2.62. The van der Waals surface area contributed by atoms with E-state index < -0.39 is 0 Å². The van der Waals surface area contributed by atoms with Gasteiger partial charge in [-0.1, -0.05) is 36.4 Å². The van der Waals surface area contributed by atoms with Crippen LogP contribution < -0.4 is 11.1 Å². The average Bonchev–Trinajstić information content (AvgIpc) is 3.40. The first-order valence-electron chi connectivity index (χ1n) is 8.56. The summed E-state index contributed by atoms with van der Waals surface area (Å²) in [4.78, 5) is 19.7. The largest absolute Gasteiger partial charge is 0.399 e. The first kappa shape index (κ1) is 18.7. The number of hydrogen-bond donors (Lipinski definition) is 2. The first-order chi connectivity index (χ1) is 13.7. The molecule has 0 aliphatic heterocycles. The van der Waals surface area contributed by atoms with E-state index >= 15 is 0 Å². The lowest BCUT2D eigenvalue weighted by atomic mass is 10.1. The molecule has 2 aromatic heterocycles. The van der Waals surface area contributed by atoms with E-state index in [1.807, 2.05) is 77.5 Å². The highest BCUT2D eigenvalue weighted by molar-refractivity contribution is 8.00.